The minimum absolute atomic E-state index is 0.0313. The zero-order valence-corrected chi connectivity index (χ0v) is 15.3. The molecule has 0 saturated carbocycles. The number of nitrogens with zero attached hydrogens (tertiary/aromatic N) is 2. The second-order valence-electron chi connectivity index (χ2n) is 5.80. The summed E-state index contributed by atoms with van der Waals surface area (Å²) in [6.07, 6.45) is 0. The van der Waals surface area contributed by atoms with Crippen LogP contribution in [-0.2, 0) is 10.1 Å². The van der Waals surface area contributed by atoms with E-state index in [-0.39, 0.29) is 16.7 Å². The van der Waals surface area contributed by atoms with Crippen molar-refractivity contribution in [2.24, 2.45) is 0 Å². The van der Waals surface area contributed by atoms with Crippen molar-refractivity contribution in [3.8, 4) is 11.6 Å². The molecule has 0 atom stereocenters. The summed E-state index contributed by atoms with van der Waals surface area (Å²) in [5.74, 6) is 0.274. The first-order chi connectivity index (χ1) is 11.9. The number of halogens is 1. The van der Waals surface area contributed by atoms with E-state index in [9.17, 15) is 8.42 Å². The number of rotatable bonds is 5. The average molecular weight is 377 g/mol. The highest BCUT2D eigenvalue weighted by Gasteiger charge is 2.22. The molecular formula is C18H17ClN2O3S. The van der Waals surface area contributed by atoms with Crippen molar-refractivity contribution in [3.63, 3.8) is 0 Å². The maximum absolute atomic E-state index is 12.6. The third-order valence-corrected chi connectivity index (χ3v) is 5.08. The summed E-state index contributed by atoms with van der Waals surface area (Å²) in [5.41, 5.74) is 1.46. The third-order valence-electron chi connectivity index (χ3n) is 3.59. The zero-order valence-electron chi connectivity index (χ0n) is 13.8. The smallest absolute Gasteiger partial charge is 0.340 e. The molecule has 5 nitrogen and oxygen atoms in total. The lowest BCUT2D eigenvalue weighted by atomic mass is 10.1. The van der Waals surface area contributed by atoms with E-state index in [0.29, 0.717) is 5.02 Å². The highest BCUT2D eigenvalue weighted by molar-refractivity contribution is 7.87. The van der Waals surface area contributed by atoms with Gasteiger partial charge in [0.05, 0.1) is 11.4 Å². The van der Waals surface area contributed by atoms with Crippen LogP contribution in [0.5, 0.6) is 5.88 Å². The van der Waals surface area contributed by atoms with E-state index in [1.165, 1.54) is 28.9 Å². The Hall–Kier alpha value is -2.31. The van der Waals surface area contributed by atoms with Gasteiger partial charge in [0, 0.05) is 11.1 Å². The van der Waals surface area contributed by atoms with Gasteiger partial charge >= 0.3 is 10.1 Å². The molecule has 130 valence electrons. The van der Waals surface area contributed by atoms with Crippen molar-refractivity contribution in [2.75, 3.05) is 0 Å². The van der Waals surface area contributed by atoms with E-state index in [4.69, 9.17) is 15.8 Å². The first-order valence-corrected chi connectivity index (χ1v) is 9.51. The van der Waals surface area contributed by atoms with Gasteiger partial charge in [-0.3, -0.25) is 0 Å². The van der Waals surface area contributed by atoms with Gasteiger partial charge in [0.15, 0.2) is 0 Å². The molecule has 0 fully saturated rings. The van der Waals surface area contributed by atoms with Gasteiger partial charge in [-0.25, -0.2) is 0 Å². The monoisotopic (exact) mass is 376 g/mol. The number of para-hydroxylation sites is 1. The van der Waals surface area contributed by atoms with E-state index >= 15 is 0 Å². The SMILES string of the molecule is CC(C)c1cc(OS(=O)(=O)c2ccc(Cl)cc2)n(-c2ccccc2)n1. The fourth-order valence-electron chi connectivity index (χ4n) is 2.24. The topological polar surface area (TPSA) is 61.2 Å². The summed E-state index contributed by atoms with van der Waals surface area (Å²) in [5, 5.41) is 4.93. The highest BCUT2D eigenvalue weighted by atomic mass is 35.5. The maximum atomic E-state index is 12.6. The lowest BCUT2D eigenvalue weighted by molar-refractivity contribution is 0.465. The molecule has 7 heteroatoms. The Morgan fingerprint density at radius 3 is 2.28 bits per heavy atom. The Morgan fingerprint density at radius 2 is 1.68 bits per heavy atom. The predicted molar refractivity (Wildman–Crippen MR) is 96.9 cm³/mol. The van der Waals surface area contributed by atoms with Crippen molar-refractivity contribution in [3.05, 3.63) is 71.4 Å². The van der Waals surface area contributed by atoms with E-state index < -0.39 is 10.1 Å². The minimum Gasteiger partial charge on any atom is -0.358 e. The number of aromatic nitrogens is 2. The van der Waals surface area contributed by atoms with Crippen LogP contribution in [0.3, 0.4) is 0 Å². The van der Waals surface area contributed by atoms with E-state index in [0.717, 1.165) is 11.4 Å². The minimum atomic E-state index is -3.99. The van der Waals surface area contributed by atoms with Crippen LogP contribution in [-0.4, -0.2) is 18.2 Å². The first-order valence-electron chi connectivity index (χ1n) is 7.72. The molecule has 0 N–H and O–H groups in total. The quantitative estimate of drug-likeness (QED) is 0.618. The number of hydrogen-bond acceptors (Lipinski definition) is 4. The standard InChI is InChI=1S/C18H17ClN2O3S/c1-13(2)17-12-18(21(20-17)15-6-4-3-5-7-15)24-25(22,23)16-10-8-14(19)9-11-16/h3-13H,1-2H3. The lowest BCUT2D eigenvalue weighted by Crippen LogP contribution is -2.12. The van der Waals surface area contributed by atoms with E-state index in [1.54, 1.807) is 6.07 Å². The highest BCUT2D eigenvalue weighted by Crippen LogP contribution is 2.27. The van der Waals surface area contributed by atoms with Crippen molar-refractivity contribution in [1.29, 1.82) is 0 Å². The summed E-state index contributed by atoms with van der Waals surface area (Å²) >= 11 is 5.82. The summed E-state index contributed by atoms with van der Waals surface area (Å²) in [7, 11) is -3.99. The fraction of sp³-hybridized carbons (Fsp3) is 0.167. The predicted octanol–water partition coefficient (Wildman–Crippen LogP) is 4.42. The van der Waals surface area contributed by atoms with Gasteiger partial charge in [-0.2, -0.15) is 18.2 Å². The Balaban J connectivity index is 2.03. The van der Waals surface area contributed by atoms with Crippen LogP contribution in [0.15, 0.2) is 65.6 Å². The largest absolute Gasteiger partial charge is 0.358 e. The van der Waals surface area contributed by atoms with Crippen LogP contribution < -0.4 is 4.18 Å². The molecule has 1 heterocycles. The molecule has 0 spiro atoms. The van der Waals surface area contributed by atoms with Gasteiger partial charge in [-0.15, -0.1) is 0 Å². The molecule has 0 amide bonds. The second kappa shape index (κ2) is 6.90. The van der Waals surface area contributed by atoms with Crippen molar-refractivity contribution in [2.45, 2.75) is 24.7 Å². The summed E-state index contributed by atoms with van der Waals surface area (Å²) in [4.78, 5) is 0.0313. The van der Waals surface area contributed by atoms with Crippen molar-refractivity contribution < 1.29 is 12.6 Å². The van der Waals surface area contributed by atoms with E-state index in [1.807, 2.05) is 44.2 Å². The molecule has 25 heavy (non-hydrogen) atoms. The molecule has 0 aliphatic carbocycles. The van der Waals surface area contributed by atoms with Crippen molar-refractivity contribution >= 4 is 21.7 Å². The molecule has 0 saturated heterocycles. The summed E-state index contributed by atoms with van der Waals surface area (Å²) in [6, 6.07) is 16.7. The van der Waals surface area contributed by atoms with Gasteiger partial charge in [-0.05, 0) is 42.3 Å². The van der Waals surface area contributed by atoms with Crippen LogP contribution in [0.25, 0.3) is 5.69 Å². The molecular weight excluding hydrogens is 360 g/mol. The Morgan fingerprint density at radius 1 is 1.04 bits per heavy atom. The molecule has 0 unspecified atom stereocenters. The van der Waals surface area contributed by atoms with Crippen LogP contribution in [0.4, 0.5) is 0 Å². The van der Waals surface area contributed by atoms with Gasteiger partial charge < -0.3 is 4.18 Å². The van der Waals surface area contributed by atoms with Gasteiger partial charge in [0.2, 0.25) is 5.88 Å². The first kappa shape index (κ1) is 17.5. The lowest BCUT2D eigenvalue weighted by Gasteiger charge is -2.09. The second-order valence-corrected chi connectivity index (χ2v) is 7.78. The number of benzene rings is 2. The third kappa shape index (κ3) is 3.86. The fourth-order valence-corrected chi connectivity index (χ4v) is 3.27. The molecule has 3 rings (SSSR count). The number of hydrogen-bond donors (Lipinski definition) is 0. The van der Waals surface area contributed by atoms with Crippen LogP contribution in [0.1, 0.15) is 25.5 Å². The molecule has 1 aromatic heterocycles. The van der Waals surface area contributed by atoms with Crippen molar-refractivity contribution in [1.82, 2.24) is 9.78 Å². The Bertz CT molecular complexity index is 965. The van der Waals surface area contributed by atoms with Gasteiger partial charge in [0.1, 0.15) is 4.90 Å². The molecule has 0 radical (unpaired) electrons. The van der Waals surface area contributed by atoms with Crippen LogP contribution in [0.2, 0.25) is 5.02 Å². The Kier molecular flexibility index (Phi) is 4.83. The molecule has 0 aliphatic rings. The molecule has 0 bridgehead atoms. The molecule has 3 aromatic rings. The van der Waals surface area contributed by atoms with Crippen LogP contribution >= 0.6 is 11.6 Å². The summed E-state index contributed by atoms with van der Waals surface area (Å²) < 4.78 is 32.0. The van der Waals surface area contributed by atoms with E-state index in [2.05, 4.69) is 5.10 Å². The average Bonchev–Trinajstić information content (AvgIpc) is 2.99. The summed E-state index contributed by atoms with van der Waals surface area (Å²) in [6.45, 7) is 3.96. The maximum Gasteiger partial charge on any atom is 0.340 e. The van der Waals surface area contributed by atoms with Crippen LogP contribution in [0, 0.1) is 0 Å². The molecule has 2 aromatic carbocycles. The Labute approximate surface area is 151 Å². The van der Waals surface area contributed by atoms with Gasteiger partial charge in [-0.1, -0.05) is 43.6 Å². The van der Waals surface area contributed by atoms with Gasteiger partial charge in [0.25, 0.3) is 0 Å². The normalized spacial score (nSPS) is 11.7. The zero-order chi connectivity index (χ0) is 18.0. The molecule has 0 aliphatic heterocycles.